The van der Waals surface area contributed by atoms with E-state index in [1.54, 1.807) is 13.0 Å². The van der Waals surface area contributed by atoms with Gasteiger partial charge in [0.15, 0.2) is 0 Å². The molecular formula is C22H17ClF3N3O2S. The van der Waals surface area contributed by atoms with E-state index in [2.05, 4.69) is 15.0 Å². The lowest BCUT2D eigenvalue weighted by atomic mass is 9.91. The summed E-state index contributed by atoms with van der Waals surface area (Å²) in [5.74, 6) is -2.94. The summed E-state index contributed by atoms with van der Waals surface area (Å²) in [6.45, 7) is 1.35. The highest BCUT2D eigenvalue weighted by Gasteiger charge is 2.32. The molecule has 0 aromatic heterocycles. The summed E-state index contributed by atoms with van der Waals surface area (Å²) in [6, 6.07) is 12.4. The fourth-order valence-electron chi connectivity index (χ4n) is 3.56. The Balaban J connectivity index is 1.78. The van der Waals surface area contributed by atoms with Gasteiger partial charge in [-0.25, -0.2) is 31.3 Å². The molecule has 0 saturated heterocycles. The maximum atomic E-state index is 14.9. The van der Waals surface area contributed by atoms with Crippen molar-refractivity contribution in [2.75, 3.05) is 5.32 Å². The van der Waals surface area contributed by atoms with E-state index in [4.69, 9.17) is 11.6 Å². The maximum absolute atomic E-state index is 14.9. The highest BCUT2D eigenvalue weighted by Crippen LogP contribution is 2.38. The molecule has 1 aliphatic heterocycles. The fourth-order valence-corrected chi connectivity index (χ4v) is 4.92. The van der Waals surface area contributed by atoms with Crippen molar-refractivity contribution in [3.05, 3.63) is 93.8 Å². The lowest BCUT2D eigenvalue weighted by molar-refractivity contribution is 0.577. The van der Waals surface area contributed by atoms with Gasteiger partial charge in [0.05, 0.1) is 17.3 Å². The van der Waals surface area contributed by atoms with E-state index in [1.807, 2.05) is 0 Å². The number of fused-ring (bicyclic) bond motifs is 1. The van der Waals surface area contributed by atoms with Gasteiger partial charge in [0.1, 0.15) is 22.3 Å². The Labute approximate surface area is 188 Å². The van der Waals surface area contributed by atoms with Crippen LogP contribution in [-0.2, 0) is 16.6 Å². The normalized spacial score (nSPS) is 16.7. The average molecular weight is 480 g/mol. The number of benzene rings is 3. The number of hydrogen-bond acceptors (Lipinski definition) is 3. The first-order valence-electron chi connectivity index (χ1n) is 9.53. The topological polar surface area (TPSA) is 70.6 Å². The number of nitrogens with one attached hydrogen (secondary N) is 2. The first kappa shape index (κ1) is 22.2. The van der Waals surface area contributed by atoms with Gasteiger partial charge >= 0.3 is 0 Å². The lowest BCUT2D eigenvalue weighted by Crippen LogP contribution is -2.41. The molecule has 0 amide bonds. The lowest BCUT2D eigenvalue weighted by Gasteiger charge is -2.26. The van der Waals surface area contributed by atoms with Crippen LogP contribution >= 0.6 is 11.6 Å². The minimum absolute atomic E-state index is 0.0284. The van der Waals surface area contributed by atoms with Crippen LogP contribution in [0.1, 0.15) is 29.5 Å². The van der Waals surface area contributed by atoms with Crippen LogP contribution in [-0.4, -0.2) is 14.4 Å². The maximum Gasteiger partial charge on any atom is 0.266 e. The number of nitrogens with zero attached hydrogens (tertiary/aromatic N) is 1. The summed E-state index contributed by atoms with van der Waals surface area (Å²) in [5.41, 5.74) is 0.275. The van der Waals surface area contributed by atoms with E-state index < -0.39 is 33.4 Å². The molecule has 166 valence electrons. The molecule has 0 bridgehead atoms. The second kappa shape index (κ2) is 8.48. The van der Waals surface area contributed by atoms with E-state index in [0.717, 1.165) is 12.1 Å². The molecule has 1 heterocycles. The zero-order valence-electron chi connectivity index (χ0n) is 16.7. The Kier molecular flexibility index (Phi) is 5.87. The molecule has 3 aromatic rings. The number of aliphatic imine (C=N–C) groups is 1. The molecule has 4 rings (SSSR count). The van der Waals surface area contributed by atoms with Crippen LogP contribution in [0, 0.1) is 17.5 Å². The Hall–Kier alpha value is -3.04. The highest BCUT2D eigenvalue weighted by atomic mass is 35.5. The first-order chi connectivity index (χ1) is 15.2. The number of hydrogen-bond donors (Lipinski definition) is 2. The third-order valence-corrected chi connectivity index (χ3v) is 6.84. The molecule has 5 nitrogen and oxygen atoms in total. The van der Waals surface area contributed by atoms with Gasteiger partial charge in [0, 0.05) is 17.0 Å². The molecule has 0 spiro atoms. The van der Waals surface area contributed by atoms with Gasteiger partial charge in [-0.05, 0) is 29.8 Å². The molecule has 32 heavy (non-hydrogen) atoms. The Bertz CT molecular complexity index is 1350. The van der Waals surface area contributed by atoms with Gasteiger partial charge < -0.3 is 5.32 Å². The number of anilines is 1. The van der Waals surface area contributed by atoms with Gasteiger partial charge in [-0.1, -0.05) is 48.9 Å². The molecule has 0 fully saturated rings. The van der Waals surface area contributed by atoms with Crippen LogP contribution in [0.3, 0.4) is 0 Å². The SMILES string of the molecule is C[C@H](c1ccccc1F)c1c(F)ccc2c1NC(=NCc1cccc(Cl)c1F)NS2(=O)=O. The summed E-state index contributed by atoms with van der Waals surface area (Å²) in [5, 5.41) is 2.69. The molecule has 0 aliphatic carbocycles. The van der Waals surface area contributed by atoms with Crippen molar-refractivity contribution < 1.29 is 21.6 Å². The minimum Gasteiger partial charge on any atom is -0.324 e. The Morgan fingerprint density at radius 3 is 2.50 bits per heavy atom. The summed E-state index contributed by atoms with van der Waals surface area (Å²) in [4.78, 5) is 3.89. The van der Waals surface area contributed by atoms with Gasteiger partial charge in [0.25, 0.3) is 10.0 Å². The standard InChI is InChI=1S/C22H17ClF3N3O2S/c1-12(14-6-2-3-8-16(14)24)19-17(25)9-10-18-21(19)28-22(29-32(18,30)31)27-11-13-5-4-7-15(23)20(13)26/h2-10,12H,11H2,1H3,(H2,27,28,29)/t12-/m1/s1. The third-order valence-electron chi connectivity index (χ3n) is 5.16. The second-order valence-corrected chi connectivity index (χ2v) is 9.24. The molecular weight excluding hydrogens is 463 g/mol. The zero-order valence-corrected chi connectivity index (χ0v) is 18.2. The van der Waals surface area contributed by atoms with Crippen LogP contribution in [0.25, 0.3) is 0 Å². The number of halogens is 4. The second-order valence-electron chi connectivity index (χ2n) is 7.19. The molecule has 3 aromatic carbocycles. The number of rotatable bonds is 4. The van der Waals surface area contributed by atoms with Crippen molar-refractivity contribution in [2.45, 2.75) is 24.3 Å². The molecule has 1 atom stereocenters. The zero-order chi connectivity index (χ0) is 23.0. The van der Waals surface area contributed by atoms with E-state index in [0.29, 0.717) is 0 Å². The smallest absolute Gasteiger partial charge is 0.266 e. The van der Waals surface area contributed by atoms with Crippen molar-refractivity contribution in [1.82, 2.24) is 4.72 Å². The molecule has 1 aliphatic rings. The summed E-state index contributed by atoms with van der Waals surface area (Å²) in [6.07, 6.45) is 0. The van der Waals surface area contributed by atoms with Crippen LogP contribution < -0.4 is 10.0 Å². The van der Waals surface area contributed by atoms with Crippen LogP contribution in [0.4, 0.5) is 18.9 Å². The molecule has 10 heteroatoms. The van der Waals surface area contributed by atoms with Crippen molar-refractivity contribution in [3.8, 4) is 0 Å². The van der Waals surface area contributed by atoms with E-state index in [9.17, 15) is 21.6 Å². The van der Waals surface area contributed by atoms with Gasteiger partial charge in [-0.2, -0.15) is 0 Å². The van der Waals surface area contributed by atoms with Gasteiger partial charge in [-0.15, -0.1) is 0 Å². The Morgan fingerprint density at radius 1 is 1.00 bits per heavy atom. The third kappa shape index (κ3) is 4.05. The van der Waals surface area contributed by atoms with E-state index in [-0.39, 0.29) is 44.8 Å². The number of guanidine groups is 1. The van der Waals surface area contributed by atoms with Crippen molar-refractivity contribution >= 4 is 33.3 Å². The first-order valence-corrected chi connectivity index (χ1v) is 11.4. The van der Waals surface area contributed by atoms with Crippen molar-refractivity contribution in [2.24, 2.45) is 4.99 Å². The number of sulfonamides is 1. The van der Waals surface area contributed by atoms with Crippen molar-refractivity contribution in [3.63, 3.8) is 0 Å². The summed E-state index contributed by atoms with van der Waals surface area (Å²) < 4.78 is 71.2. The van der Waals surface area contributed by atoms with Gasteiger partial charge in [-0.3, -0.25) is 0 Å². The van der Waals surface area contributed by atoms with Crippen molar-refractivity contribution in [1.29, 1.82) is 0 Å². The van der Waals surface area contributed by atoms with E-state index in [1.165, 1.54) is 36.4 Å². The molecule has 0 unspecified atom stereocenters. The molecule has 2 N–H and O–H groups in total. The molecule has 0 radical (unpaired) electrons. The largest absolute Gasteiger partial charge is 0.324 e. The fraction of sp³-hybridized carbons (Fsp3) is 0.136. The van der Waals surface area contributed by atoms with Crippen LogP contribution in [0.5, 0.6) is 0 Å². The quantitative estimate of drug-likeness (QED) is 0.542. The summed E-state index contributed by atoms with van der Waals surface area (Å²) >= 11 is 5.77. The average Bonchev–Trinajstić information content (AvgIpc) is 2.74. The predicted molar refractivity (Wildman–Crippen MR) is 117 cm³/mol. The Morgan fingerprint density at radius 2 is 1.75 bits per heavy atom. The van der Waals surface area contributed by atoms with E-state index >= 15 is 0 Å². The van der Waals surface area contributed by atoms with Crippen LogP contribution in [0.2, 0.25) is 5.02 Å². The van der Waals surface area contributed by atoms with Gasteiger partial charge in [0.2, 0.25) is 5.96 Å². The highest BCUT2D eigenvalue weighted by molar-refractivity contribution is 7.90. The predicted octanol–water partition coefficient (Wildman–Crippen LogP) is 5.17. The summed E-state index contributed by atoms with van der Waals surface area (Å²) in [7, 11) is -4.10. The van der Waals surface area contributed by atoms with Crippen LogP contribution in [0.15, 0.2) is 64.5 Å². The minimum atomic E-state index is -4.10. The molecule has 0 saturated carbocycles. The monoisotopic (exact) mass is 479 g/mol.